The second-order valence-electron chi connectivity index (χ2n) is 6.19. The number of carbonyl (C=O) groups is 1. The molecule has 3 rings (SSSR count). The van der Waals surface area contributed by atoms with Gasteiger partial charge < -0.3 is 10.4 Å². The van der Waals surface area contributed by atoms with Crippen LogP contribution in [0, 0.1) is 6.92 Å². The van der Waals surface area contributed by atoms with Gasteiger partial charge in [-0.1, -0.05) is 25.8 Å². The van der Waals surface area contributed by atoms with Crippen molar-refractivity contribution in [2.45, 2.75) is 39.5 Å². The van der Waals surface area contributed by atoms with Crippen molar-refractivity contribution in [2.75, 3.05) is 5.32 Å². The first-order chi connectivity index (χ1) is 12.1. The molecule has 0 unspecified atom stereocenters. The van der Waals surface area contributed by atoms with Gasteiger partial charge in [-0.3, -0.25) is 4.79 Å². The van der Waals surface area contributed by atoms with Crippen molar-refractivity contribution in [3.05, 3.63) is 42.0 Å². The van der Waals surface area contributed by atoms with Crippen LogP contribution in [-0.4, -0.2) is 26.0 Å². The summed E-state index contributed by atoms with van der Waals surface area (Å²) in [7, 11) is 0. The molecule has 0 spiro atoms. The Morgan fingerprint density at radius 2 is 1.92 bits per heavy atom. The topological polar surface area (TPSA) is 80.0 Å². The Labute approximate surface area is 146 Å². The third-order valence-corrected chi connectivity index (χ3v) is 4.02. The van der Waals surface area contributed by atoms with E-state index < -0.39 is 0 Å². The molecule has 25 heavy (non-hydrogen) atoms. The Bertz CT molecular complexity index is 902. The Balaban J connectivity index is 1.78. The van der Waals surface area contributed by atoms with E-state index in [0.717, 1.165) is 35.9 Å². The first-order valence-corrected chi connectivity index (χ1v) is 8.54. The number of phenols is 1. The first kappa shape index (κ1) is 17.0. The van der Waals surface area contributed by atoms with Crippen molar-refractivity contribution >= 4 is 22.6 Å². The number of nitrogens with one attached hydrogen (secondary N) is 1. The molecule has 0 fully saturated rings. The normalized spacial score (nSPS) is 11.0. The number of hydrogen-bond donors (Lipinski definition) is 2. The van der Waals surface area contributed by atoms with E-state index in [2.05, 4.69) is 22.4 Å². The maximum atomic E-state index is 11.9. The summed E-state index contributed by atoms with van der Waals surface area (Å²) < 4.78 is 0. The van der Waals surface area contributed by atoms with Crippen molar-refractivity contribution in [3.8, 4) is 11.4 Å². The summed E-state index contributed by atoms with van der Waals surface area (Å²) in [6, 6.07) is 10.8. The minimum Gasteiger partial charge on any atom is -0.506 e. The highest BCUT2D eigenvalue weighted by atomic mass is 16.3. The molecule has 0 radical (unpaired) electrons. The van der Waals surface area contributed by atoms with Crippen LogP contribution in [-0.2, 0) is 4.79 Å². The van der Waals surface area contributed by atoms with Crippen LogP contribution in [0.2, 0.25) is 0 Å². The number of unbranched alkanes of at least 4 members (excludes halogenated alkanes) is 2. The Morgan fingerprint density at radius 1 is 1.12 bits per heavy atom. The van der Waals surface area contributed by atoms with Gasteiger partial charge in [0.15, 0.2) is 0 Å². The Kier molecular flexibility index (Phi) is 4.97. The summed E-state index contributed by atoms with van der Waals surface area (Å²) in [5, 5.41) is 21.9. The van der Waals surface area contributed by atoms with E-state index in [0.29, 0.717) is 17.8 Å². The van der Waals surface area contributed by atoms with Gasteiger partial charge in [-0.2, -0.15) is 0 Å². The monoisotopic (exact) mass is 338 g/mol. The zero-order chi connectivity index (χ0) is 17.8. The largest absolute Gasteiger partial charge is 0.506 e. The molecule has 1 aromatic heterocycles. The molecule has 0 atom stereocenters. The van der Waals surface area contributed by atoms with Crippen molar-refractivity contribution in [1.82, 2.24) is 15.0 Å². The predicted octanol–water partition coefficient (Wildman–Crippen LogP) is 3.95. The molecule has 1 heterocycles. The van der Waals surface area contributed by atoms with Crippen LogP contribution < -0.4 is 5.32 Å². The Morgan fingerprint density at radius 3 is 2.68 bits per heavy atom. The minimum atomic E-state index is -0.0426. The zero-order valence-electron chi connectivity index (χ0n) is 14.5. The molecular formula is C19H22N4O2. The highest BCUT2D eigenvalue weighted by Gasteiger charge is 2.11. The number of carbonyl (C=O) groups excluding carboxylic acids is 1. The lowest BCUT2D eigenvalue weighted by molar-refractivity contribution is -0.116. The van der Waals surface area contributed by atoms with E-state index in [4.69, 9.17) is 0 Å². The molecule has 6 heteroatoms. The molecule has 1 amide bonds. The number of phenolic OH excluding ortho intramolecular Hbond substituents is 1. The third kappa shape index (κ3) is 3.96. The fourth-order valence-electron chi connectivity index (χ4n) is 2.66. The summed E-state index contributed by atoms with van der Waals surface area (Å²) in [6.07, 6.45) is 3.47. The molecule has 6 nitrogen and oxygen atoms in total. The van der Waals surface area contributed by atoms with Crippen molar-refractivity contribution in [3.63, 3.8) is 0 Å². The van der Waals surface area contributed by atoms with Crippen LogP contribution in [0.5, 0.6) is 5.75 Å². The van der Waals surface area contributed by atoms with Crippen LogP contribution in [0.1, 0.15) is 38.2 Å². The van der Waals surface area contributed by atoms with Crippen LogP contribution in [0.4, 0.5) is 5.69 Å². The number of aryl methyl sites for hydroxylation is 1. The minimum absolute atomic E-state index is 0.0170. The standard InChI is InChI=1S/C19H22N4O2/c1-3-4-5-6-19(25)20-14-8-10-17(18(24)12-14)23-21-15-9-7-13(2)11-16(15)22-23/h7-12,24H,3-6H2,1-2H3,(H,20,25). The number of aromatic nitrogens is 3. The Hall–Kier alpha value is -2.89. The molecular weight excluding hydrogens is 316 g/mol. The summed E-state index contributed by atoms with van der Waals surface area (Å²) in [5.74, 6) is -0.0255. The fraction of sp³-hybridized carbons (Fsp3) is 0.316. The van der Waals surface area contributed by atoms with Crippen molar-refractivity contribution in [2.24, 2.45) is 0 Å². The number of amides is 1. The van der Waals surface area contributed by atoms with Crippen LogP contribution in [0.25, 0.3) is 16.7 Å². The van der Waals surface area contributed by atoms with Crippen LogP contribution >= 0.6 is 0 Å². The van der Waals surface area contributed by atoms with E-state index in [-0.39, 0.29) is 11.7 Å². The van der Waals surface area contributed by atoms with Gasteiger partial charge in [0.1, 0.15) is 22.5 Å². The van der Waals surface area contributed by atoms with Gasteiger partial charge in [-0.15, -0.1) is 15.0 Å². The SMILES string of the molecule is CCCCCC(=O)Nc1ccc(-n2nc3ccc(C)cc3n2)c(O)c1. The molecule has 0 saturated carbocycles. The van der Waals surface area contributed by atoms with Gasteiger partial charge in [-0.25, -0.2) is 0 Å². The number of hydrogen-bond acceptors (Lipinski definition) is 4. The quantitative estimate of drug-likeness (QED) is 0.667. The van der Waals surface area contributed by atoms with E-state index in [1.807, 2.05) is 25.1 Å². The molecule has 2 aromatic carbocycles. The second-order valence-corrected chi connectivity index (χ2v) is 6.19. The van der Waals surface area contributed by atoms with Crippen LogP contribution in [0.15, 0.2) is 36.4 Å². The third-order valence-electron chi connectivity index (χ3n) is 4.02. The zero-order valence-corrected chi connectivity index (χ0v) is 14.5. The smallest absolute Gasteiger partial charge is 0.224 e. The maximum absolute atomic E-state index is 11.9. The molecule has 0 aliphatic rings. The highest BCUT2D eigenvalue weighted by molar-refractivity contribution is 5.91. The van der Waals surface area contributed by atoms with Gasteiger partial charge >= 0.3 is 0 Å². The number of aromatic hydroxyl groups is 1. The average Bonchev–Trinajstić information content (AvgIpc) is 2.97. The first-order valence-electron chi connectivity index (χ1n) is 8.54. The van der Waals surface area contributed by atoms with E-state index in [1.165, 1.54) is 10.9 Å². The van der Waals surface area contributed by atoms with Crippen molar-refractivity contribution in [1.29, 1.82) is 0 Å². The average molecular weight is 338 g/mol. The summed E-state index contributed by atoms with van der Waals surface area (Å²) in [5.41, 5.74) is 3.67. The fourth-order valence-corrected chi connectivity index (χ4v) is 2.66. The number of nitrogens with zero attached hydrogens (tertiary/aromatic N) is 3. The summed E-state index contributed by atoms with van der Waals surface area (Å²) in [6.45, 7) is 4.09. The molecule has 0 bridgehead atoms. The molecule has 130 valence electrons. The van der Waals surface area contributed by atoms with Gasteiger partial charge in [0, 0.05) is 18.2 Å². The molecule has 0 aliphatic heterocycles. The molecule has 2 N–H and O–H groups in total. The molecule has 0 aliphatic carbocycles. The number of fused-ring (bicyclic) bond motifs is 1. The van der Waals surface area contributed by atoms with Crippen molar-refractivity contribution < 1.29 is 9.90 Å². The van der Waals surface area contributed by atoms with Gasteiger partial charge in [0.25, 0.3) is 0 Å². The lowest BCUT2D eigenvalue weighted by atomic mass is 10.2. The number of benzene rings is 2. The van der Waals surface area contributed by atoms with Gasteiger partial charge in [0.2, 0.25) is 5.91 Å². The van der Waals surface area contributed by atoms with Gasteiger partial charge in [-0.05, 0) is 43.2 Å². The van der Waals surface area contributed by atoms with Crippen LogP contribution in [0.3, 0.4) is 0 Å². The van der Waals surface area contributed by atoms with Gasteiger partial charge in [0.05, 0.1) is 0 Å². The van der Waals surface area contributed by atoms with E-state index in [9.17, 15) is 9.90 Å². The van der Waals surface area contributed by atoms with E-state index in [1.54, 1.807) is 12.1 Å². The lowest BCUT2D eigenvalue weighted by Crippen LogP contribution is -2.11. The highest BCUT2D eigenvalue weighted by Crippen LogP contribution is 2.26. The second kappa shape index (κ2) is 7.34. The van der Waals surface area contributed by atoms with E-state index >= 15 is 0 Å². The maximum Gasteiger partial charge on any atom is 0.224 e. The molecule has 0 saturated heterocycles. The lowest BCUT2D eigenvalue weighted by Gasteiger charge is -2.08. The molecule has 3 aromatic rings. The number of anilines is 1. The number of rotatable bonds is 6. The predicted molar refractivity (Wildman–Crippen MR) is 98.0 cm³/mol. The summed E-state index contributed by atoms with van der Waals surface area (Å²) >= 11 is 0. The summed E-state index contributed by atoms with van der Waals surface area (Å²) in [4.78, 5) is 13.3.